The molecule has 1 fully saturated rings. The van der Waals surface area contributed by atoms with Crippen molar-refractivity contribution in [1.29, 1.82) is 0 Å². The van der Waals surface area contributed by atoms with Crippen LogP contribution in [0.15, 0.2) is 46.9 Å². The normalized spacial score (nSPS) is 16.6. The van der Waals surface area contributed by atoms with Gasteiger partial charge in [0.05, 0.1) is 20.3 Å². The Morgan fingerprint density at radius 3 is 2.33 bits per heavy atom. The molecule has 2 aromatic carbocycles. The van der Waals surface area contributed by atoms with E-state index < -0.39 is 0 Å². The van der Waals surface area contributed by atoms with Gasteiger partial charge in [-0.2, -0.15) is 0 Å². The SMILES string of the molecule is COc1ccc(C(c2cc(Br)ccc2OC)N2CCNCC2)cc1. The van der Waals surface area contributed by atoms with Crippen LogP contribution in [0.1, 0.15) is 17.2 Å². The summed E-state index contributed by atoms with van der Waals surface area (Å²) in [6, 6.07) is 14.7. The molecule has 0 saturated carbocycles. The summed E-state index contributed by atoms with van der Waals surface area (Å²) in [5.41, 5.74) is 2.42. The molecule has 5 heteroatoms. The molecule has 1 aliphatic heterocycles. The number of piperazine rings is 1. The Morgan fingerprint density at radius 1 is 1.00 bits per heavy atom. The number of hydrogen-bond donors (Lipinski definition) is 1. The molecule has 1 N–H and O–H groups in total. The number of nitrogens with one attached hydrogen (secondary N) is 1. The highest BCUT2D eigenvalue weighted by Gasteiger charge is 2.26. The van der Waals surface area contributed by atoms with Gasteiger partial charge in [0.25, 0.3) is 0 Å². The van der Waals surface area contributed by atoms with Gasteiger partial charge >= 0.3 is 0 Å². The summed E-state index contributed by atoms with van der Waals surface area (Å²) in [5.74, 6) is 1.79. The van der Waals surface area contributed by atoms with Crippen molar-refractivity contribution < 1.29 is 9.47 Å². The first-order chi connectivity index (χ1) is 11.7. The number of halogens is 1. The first-order valence-corrected chi connectivity index (χ1v) is 8.94. The van der Waals surface area contributed by atoms with Crippen molar-refractivity contribution in [1.82, 2.24) is 10.2 Å². The van der Waals surface area contributed by atoms with Crippen LogP contribution in [-0.2, 0) is 0 Å². The predicted molar refractivity (Wildman–Crippen MR) is 100.0 cm³/mol. The fraction of sp³-hybridized carbons (Fsp3) is 0.368. The fourth-order valence-corrected chi connectivity index (χ4v) is 3.61. The van der Waals surface area contributed by atoms with Crippen molar-refractivity contribution in [3.63, 3.8) is 0 Å². The Morgan fingerprint density at radius 2 is 1.71 bits per heavy atom. The predicted octanol–water partition coefficient (Wildman–Crippen LogP) is 3.46. The summed E-state index contributed by atoms with van der Waals surface area (Å²) in [5, 5.41) is 3.43. The minimum Gasteiger partial charge on any atom is -0.497 e. The summed E-state index contributed by atoms with van der Waals surface area (Å²) >= 11 is 3.61. The van der Waals surface area contributed by atoms with Crippen LogP contribution >= 0.6 is 15.9 Å². The van der Waals surface area contributed by atoms with Crippen LogP contribution in [0.2, 0.25) is 0 Å². The Balaban J connectivity index is 2.05. The van der Waals surface area contributed by atoms with Gasteiger partial charge in [-0.25, -0.2) is 0 Å². The molecule has 1 unspecified atom stereocenters. The van der Waals surface area contributed by atoms with Crippen LogP contribution in [0, 0.1) is 0 Å². The zero-order chi connectivity index (χ0) is 16.9. The molecular weight excluding hydrogens is 368 g/mol. The molecule has 3 rings (SSSR count). The number of nitrogens with zero attached hydrogens (tertiary/aromatic N) is 1. The maximum absolute atomic E-state index is 5.65. The van der Waals surface area contributed by atoms with Gasteiger partial charge in [-0.15, -0.1) is 0 Å². The van der Waals surface area contributed by atoms with Gasteiger partial charge in [-0.1, -0.05) is 28.1 Å². The highest BCUT2D eigenvalue weighted by Crippen LogP contribution is 2.37. The minimum atomic E-state index is 0.158. The third kappa shape index (κ3) is 3.74. The second-order valence-electron chi connectivity index (χ2n) is 5.85. The van der Waals surface area contributed by atoms with Gasteiger partial charge < -0.3 is 14.8 Å². The maximum Gasteiger partial charge on any atom is 0.124 e. The van der Waals surface area contributed by atoms with Crippen molar-refractivity contribution >= 4 is 15.9 Å². The molecule has 0 bridgehead atoms. The largest absolute Gasteiger partial charge is 0.497 e. The number of benzene rings is 2. The molecule has 128 valence electrons. The molecule has 0 spiro atoms. The van der Waals surface area contributed by atoms with Crippen LogP contribution < -0.4 is 14.8 Å². The van der Waals surface area contributed by atoms with E-state index in [1.165, 1.54) is 11.1 Å². The Bertz CT molecular complexity index is 670. The van der Waals surface area contributed by atoms with E-state index in [-0.39, 0.29) is 6.04 Å². The summed E-state index contributed by atoms with van der Waals surface area (Å²) < 4.78 is 12.0. The molecule has 1 atom stereocenters. The molecular formula is C19H23BrN2O2. The van der Waals surface area contributed by atoms with Crippen molar-refractivity contribution in [2.45, 2.75) is 6.04 Å². The molecule has 1 saturated heterocycles. The van der Waals surface area contributed by atoms with Gasteiger partial charge in [0.2, 0.25) is 0 Å². The quantitative estimate of drug-likeness (QED) is 0.847. The lowest BCUT2D eigenvalue weighted by Crippen LogP contribution is -2.45. The average molecular weight is 391 g/mol. The smallest absolute Gasteiger partial charge is 0.124 e. The van der Waals surface area contributed by atoms with E-state index >= 15 is 0 Å². The number of methoxy groups -OCH3 is 2. The van der Waals surface area contributed by atoms with E-state index in [0.717, 1.165) is 42.2 Å². The number of rotatable bonds is 5. The number of hydrogen-bond acceptors (Lipinski definition) is 4. The van der Waals surface area contributed by atoms with Crippen LogP contribution in [0.4, 0.5) is 0 Å². The average Bonchev–Trinajstić information content (AvgIpc) is 2.64. The summed E-state index contributed by atoms with van der Waals surface area (Å²) in [6.45, 7) is 4.02. The van der Waals surface area contributed by atoms with Gasteiger partial charge in [-0.3, -0.25) is 4.90 Å². The van der Waals surface area contributed by atoms with E-state index in [9.17, 15) is 0 Å². The van der Waals surface area contributed by atoms with E-state index in [2.05, 4.69) is 44.3 Å². The van der Waals surface area contributed by atoms with Crippen LogP contribution in [0.3, 0.4) is 0 Å². The molecule has 4 nitrogen and oxygen atoms in total. The van der Waals surface area contributed by atoms with Gasteiger partial charge in [-0.05, 0) is 35.9 Å². The first-order valence-electron chi connectivity index (χ1n) is 8.15. The lowest BCUT2D eigenvalue weighted by Gasteiger charge is -2.36. The summed E-state index contributed by atoms with van der Waals surface area (Å²) in [4.78, 5) is 2.50. The molecule has 0 aliphatic carbocycles. The minimum absolute atomic E-state index is 0.158. The zero-order valence-corrected chi connectivity index (χ0v) is 15.7. The lowest BCUT2D eigenvalue weighted by atomic mass is 9.95. The first kappa shape index (κ1) is 17.3. The third-order valence-electron chi connectivity index (χ3n) is 4.43. The molecule has 24 heavy (non-hydrogen) atoms. The molecule has 2 aromatic rings. The summed E-state index contributed by atoms with van der Waals surface area (Å²) in [7, 11) is 3.43. The zero-order valence-electron chi connectivity index (χ0n) is 14.1. The number of ether oxygens (including phenoxy) is 2. The molecule has 1 aliphatic rings. The van der Waals surface area contributed by atoms with Gasteiger partial charge in [0.15, 0.2) is 0 Å². The topological polar surface area (TPSA) is 33.7 Å². The van der Waals surface area contributed by atoms with E-state index in [1.54, 1.807) is 14.2 Å². The highest BCUT2D eigenvalue weighted by atomic mass is 79.9. The van der Waals surface area contributed by atoms with E-state index in [1.807, 2.05) is 24.3 Å². The van der Waals surface area contributed by atoms with Gasteiger partial charge in [0.1, 0.15) is 11.5 Å². The standard InChI is InChI=1S/C19H23BrN2O2/c1-23-16-6-3-14(4-7-16)19(22-11-9-21-10-12-22)17-13-15(20)5-8-18(17)24-2/h3-8,13,19,21H,9-12H2,1-2H3. The molecule has 1 heterocycles. The Kier molecular flexibility index (Phi) is 5.76. The monoisotopic (exact) mass is 390 g/mol. The molecule has 0 amide bonds. The maximum atomic E-state index is 5.65. The Labute approximate surface area is 151 Å². The van der Waals surface area contributed by atoms with Crippen molar-refractivity contribution in [2.75, 3.05) is 40.4 Å². The van der Waals surface area contributed by atoms with Crippen LogP contribution in [-0.4, -0.2) is 45.3 Å². The third-order valence-corrected chi connectivity index (χ3v) is 4.93. The molecule has 0 radical (unpaired) electrons. The fourth-order valence-electron chi connectivity index (χ4n) is 3.23. The highest BCUT2D eigenvalue weighted by molar-refractivity contribution is 9.10. The van der Waals surface area contributed by atoms with Crippen molar-refractivity contribution in [2.24, 2.45) is 0 Å². The van der Waals surface area contributed by atoms with Crippen LogP contribution in [0.5, 0.6) is 11.5 Å². The van der Waals surface area contributed by atoms with E-state index in [0.29, 0.717) is 0 Å². The van der Waals surface area contributed by atoms with Crippen molar-refractivity contribution in [3.05, 3.63) is 58.1 Å². The van der Waals surface area contributed by atoms with Crippen LogP contribution in [0.25, 0.3) is 0 Å². The second-order valence-corrected chi connectivity index (χ2v) is 6.76. The Hall–Kier alpha value is -1.56. The lowest BCUT2D eigenvalue weighted by molar-refractivity contribution is 0.195. The summed E-state index contributed by atoms with van der Waals surface area (Å²) in [6.07, 6.45) is 0. The van der Waals surface area contributed by atoms with E-state index in [4.69, 9.17) is 9.47 Å². The van der Waals surface area contributed by atoms with Gasteiger partial charge in [0, 0.05) is 36.2 Å². The van der Waals surface area contributed by atoms with Crippen molar-refractivity contribution in [3.8, 4) is 11.5 Å². The second kappa shape index (κ2) is 8.01. The molecule has 0 aromatic heterocycles.